The van der Waals surface area contributed by atoms with Crippen molar-refractivity contribution in [2.45, 2.75) is 30.2 Å². The smallest absolute Gasteiger partial charge is 0.268 e. The van der Waals surface area contributed by atoms with Gasteiger partial charge in [0.05, 0.1) is 16.5 Å². The van der Waals surface area contributed by atoms with E-state index in [4.69, 9.17) is 11.6 Å². The summed E-state index contributed by atoms with van der Waals surface area (Å²) in [5.41, 5.74) is 3.59. The first kappa shape index (κ1) is 19.2. The van der Waals surface area contributed by atoms with Gasteiger partial charge in [0.1, 0.15) is 0 Å². The molecule has 0 radical (unpaired) electrons. The fraction of sp³-hybridized carbons (Fsp3) is 0.167. The highest BCUT2D eigenvalue weighted by Gasteiger charge is 2.32. The van der Waals surface area contributed by atoms with Crippen LogP contribution in [0.5, 0.6) is 0 Å². The van der Waals surface area contributed by atoms with Gasteiger partial charge in [-0.25, -0.2) is 12.4 Å². The predicted octanol–water partition coefficient (Wildman–Crippen LogP) is 6.02. The standard InChI is InChI=1S/C24H21ClN2O2S/c25-17-8-6-9-18(16-17)26-21-13-7-15-23-24(21)20-12-4-5-14-22(20)27(23)30(28,29)19-10-2-1-3-11-19/h1-6,8-12,14,16,21,26H,7,13,15H2. The Kier molecular flexibility index (Phi) is 4.80. The lowest BCUT2D eigenvalue weighted by Gasteiger charge is -2.26. The summed E-state index contributed by atoms with van der Waals surface area (Å²) in [5.74, 6) is 0. The van der Waals surface area contributed by atoms with Gasteiger partial charge in [0.2, 0.25) is 0 Å². The van der Waals surface area contributed by atoms with Gasteiger partial charge in [-0.05, 0) is 55.7 Å². The van der Waals surface area contributed by atoms with Crippen molar-refractivity contribution in [1.29, 1.82) is 0 Å². The highest BCUT2D eigenvalue weighted by atomic mass is 35.5. The molecule has 0 aliphatic heterocycles. The lowest BCUT2D eigenvalue weighted by Crippen LogP contribution is -2.21. The zero-order valence-corrected chi connectivity index (χ0v) is 17.8. The Morgan fingerprint density at radius 3 is 2.50 bits per heavy atom. The van der Waals surface area contributed by atoms with E-state index in [-0.39, 0.29) is 6.04 Å². The van der Waals surface area contributed by atoms with E-state index in [1.54, 1.807) is 28.2 Å². The number of rotatable bonds is 4. The van der Waals surface area contributed by atoms with Crippen LogP contribution in [0.25, 0.3) is 10.9 Å². The molecule has 1 aromatic heterocycles. The normalized spacial score (nSPS) is 16.4. The van der Waals surface area contributed by atoms with Gasteiger partial charge in [0.15, 0.2) is 0 Å². The van der Waals surface area contributed by atoms with Crippen LogP contribution in [0, 0.1) is 0 Å². The van der Waals surface area contributed by atoms with Crippen molar-refractivity contribution in [3.8, 4) is 0 Å². The maximum absolute atomic E-state index is 13.6. The minimum Gasteiger partial charge on any atom is -0.378 e. The van der Waals surface area contributed by atoms with Crippen molar-refractivity contribution in [3.63, 3.8) is 0 Å². The number of para-hydroxylation sites is 1. The molecule has 4 nitrogen and oxygen atoms in total. The molecule has 5 rings (SSSR count). The fourth-order valence-electron chi connectivity index (χ4n) is 4.43. The first-order chi connectivity index (χ1) is 14.6. The molecule has 0 amide bonds. The minimum absolute atomic E-state index is 0.0179. The summed E-state index contributed by atoms with van der Waals surface area (Å²) < 4.78 is 28.8. The molecule has 0 bridgehead atoms. The van der Waals surface area contributed by atoms with Crippen molar-refractivity contribution in [3.05, 3.63) is 95.1 Å². The molecule has 1 heterocycles. The Bertz CT molecular complexity index is 1330. The summed E-state index contributed by atoms with van der Waals surface area (Å²) in [7, 11) is -3.70. The van der Waals surface area contributed by atoms with Crippen LogP contribution in [0.3, 0.4) is 0 Å². The molecule has 1 atom stereocenters. The van der Waals surface area contributed by atoms with E-state index in [1.807, 2.05) is 54.6 Å². The van der Waals surface area contributed by atoms with Gasteiger partial charge in [0, 0.05) is 27.4 Å². The van der Waals surface area contributed by atoms with Crippen LogP contribution in [0.1, 0.15) is 30.1 Å². The molecular weight excluding hydrogens is 416 g/mol. The minimum atomic E-state index is -3.70. The Labute approximate surface area is 181 Å². The van der Waals surface area contributed by atoms with Gasteiger partial charge in [-0.15, -0.1) is 0 Å². The van der Waals surface area contributed by atoms with E-state index in [9.17, 15) is 8.42 Å². The number of benzene rings is 3. The molecule has 0 saturated carbocycles. The molecule has 3 aromatic carbocycles. The summed E-state index contributed by atoms with van der Waals surface area (Å²) in [4.78, 5) is 0.304. The second-order valence-electron chi connectivity index (χ2n) is 7.56. The van der Waals surface area contributed by atoms with Crippen LogP contribution in [0.15, 0.2) is 83.8 Å². The third kappa shape index (κ3) is 3.18. The van der Waals surface area contributed by atoms with Crippen LogP contribution in [-0.4, -0.2) is 12.4 Å². The van der Waals surface area contributed by atoms with Crippen molar-refractivity contribution < 1.29 is 8.42 Å². The Morgan fingerprint density at radius 2 is 1.70 bits per heavy atom. The molecular formula is C24H21ClN2O2S. The van der Waals surface area contributed by atoms with Crippen LogP contribution in [-0.2, 0) is 16.4 Å². The molecule has 4 aromatic rings. The van der Waals surface area contributed by atoms with Crippen LogP contribution >= 0.6 is 11.6 Å². The number of hydrogen-bond donors (Lipinski definition) is 1. The van der Waals surface area contributed by atoms with Crippen molar-refractivity contribution in [1.82, 2.24) is 3.97 Å². The number of hydrogen-bond acceptors (Lipinski definition) is 3. The summed E-state index contributed by atoms with van der Waals surface area (Å²) in [6.07, 6.45) is 2.56. The second-order valence-corrected chi connectivity index (χ2v) is 9.78. The molecule has 1 aliphatic rings. The van der Waals surface area contributed by atoms with Crippen LogP contribution in [0.2, 0.25) is 5.02 Å². The average Bonchev–Trinajstić information content (AvgIpc) is 3.10. The summed E-state index contributed by atoms with van der Waals surface area (Å²) in [6.45, 7) is 0. The first-order valence-corrected chi connectivity index (χ1v) is 11.8. The van der Waals surface area contributed by atoms with Crippen molar-refractivity contribution >= 4 is 38.2 Å². The topological polar surface area (TPSA) is 51.1 Å². The van der Waals surface area contributed by atoms with Crippen molar-refractivity contribution in [2.75, 3.05) is 5.32 Å². The van der Waals surface area contributed by atoms with E-state index >= 15 is 0 Å². The summed E-state index contributed by atoms with van der Waals surface area (Å²) in [6, 6.07) is 24.1. The summed E-state index contributed by atoms with van der Waals surface area (Å²) >= 11 is 6.17. The van der Waals surface area contributed by atoms with Crippen molar-refractivity contribution in [2.24, 2.45) is 0 Å². The fourth-order valence-corrected chi connectivity index (χ4v) is 6.23. The number of nitrogens with zero attached hydrogens (tertiary/aromatic N) is 1. The van der Waals surface area contributed by atoms with E-state index in [0.717, 1.165) is 47.1 Å². The van der Waals surface area contributed by atoms with Crippen LogP contribution in [0.4, 0.5) is 5.69 Å². The highest BCUT2D eigenvalue weighted by molar-refractivity contribution is 7.90. The Balaban J connectivity index is 1.70. The molecule has 0 saturated heterocycles. The zero-order chi connectivity index (χ0) is 20.7. The Hall–Kier alpha value is -2.76. The van der Waals surface area contributed by atoms with Gasteiger partial charge in [-0.1, -0.05) is 54.1 Å². The zero-order valence-electron chi connectivity index (χ0n) is 16.3. The maximum atomic E-state index is 13.6. The van der Waals surface area contributed by atoms with Gasteiger partial charge in [0.25, 0.3) is 10.0 Å². The number of halogens is 1. The van der Waals surface area contributed by atoms with Gasteiger partial charge in [-0.2, -0.15) is 0 Å². The van der Waals surface area contributed by atoms with Gasteiger partial charge >= 0.3 is 0 Å². The van der Waals surface area contributed by atoms with E-state index in [0.29, 0.717) is 9.92 Å². The van der Waals surface area contributed by atoms with Gasteiger partial charge in [-0.3, -0.25) is 0 Å². The molecule has 30 heavy (non-hydrogen) atoms. The average molecular weight is 437 g/mol. The third-order valence-corrected chi connectivity index (χ3v) is 7.67. The molecule has 1 aliphatic carbocycles. The van der Waals surface area contributed by atoms with E-state index < -0.39 is 10.0 Å². The molecule has 0 fully saturated rings. The lowest BCUT2D eigenvalue weighted by molar-refractivity contribution is 0.571. The number of nitrogens with one attached hydrogen (secondary N) is 1. The monoisotopic (exact) mass is 436 g/mol. The number of anilines is 1. The molecule has 6 heteroatoms. The number of fused-ring (bicyclic) bond motifs is 3. The van der Waals surface area contributed by atoms with E-state index in [2.05, 4.69) is 5.32 Å². The largest absolute Gasteiger partial charge is 0.378 e. The number of aromatic nitrogens is 1. The second kappa shape index (κ2) is 7.49. The van der Waals surface area contributed by atoms with E-state index in [1.165, 1.54) is 0 Å². The summed E-state index contributed by atoms with van der Waals surface area (Å²) in [5, 5.41) is 5.23. The predicted molar refractivity (Wildman–Crippen MR) is 122 cm³/mol. The highest BCUT2D eigenvalue weighted by Crippen LogP contribution is 2.41. The lowest BCUT2D eigenvalue weighted by atomic mass is 9.90. The molecule has 1 N–H and O–H groups in total. The molecule has 1 unspecified atom stereocenters. The molecule has 0 spiro atoms. The SMILES string of the molecule is O=S(=O)(c1ccccc1)n1c2c(c3ccccc31)C(Nc1cccc(Cl)c1)CCC2. The first-order valence-electron chi connectivity index (χ1n) is 10.0. The van der Waals surface area contributed by atoms with Gasteiger partial charge < -0.3 is 5.32 Å². The Morgan fingerprint density at radius 1 is 0.933 bits per heavy atom. The molecule has 152 valence electrons. The quantitative estimate of drug-likeness (QED) is 0.425. The van der Waals surface area contributed by atoms with Crippen LogP contribution < -0.4 is 5.32 Å². The maximum Gasteiger partial charge on any atom is 0.268 e. The third-order valence-electron chi connectivity index (χ3n) is 5.67.